The number of aryl methyl sites for hydroxylation is 1. The zero-order valence-electron chi connectivity index (χ0n) is 15.7. The fourth-order valence-electron chi connectivity index (χ4n) is 2.67. The maximum absolute atomic E-state index is 13.1. The smallest absolute Gasteiger partial charge is 0.412 e. The highest BCUT2D eigenvalue weighted by Crippen LogP contribution is 2.28. The van der Waals surface area contributed by atoms with E-state index in [4.69, 9.17) is 10.5 Å². The second kappa shape index (κ2) is 8.21. The van der Waals surface area contributed by atoms with E-state index in [9.17, 15) is 9.18 Å². The molecule has 1 aromatic carbocycles. The lowest BCUT2D eigenvalue weighted by molar-refractivity contribution is 0.0636. The zero-order valence-corrected chi connectivity index (χ0v) is 15.7. The van der Waals surface area contributed by atoms with Crippen LogP contribution in [-0.2, 0) is 11.2 Å². The number of carbonyl (C=O) groups is 1. The third-order valence-corrected chi connectivity index (χ3v) is 4.04. The summed E-state index contributed by atoms with van der Waals surface area (Å²) in [6, 6.07) is 5.36. The third kappa shape index (κ3) is 6.06. The number of amides is 1. The van der Waals surface area contributed by atoms with Gasteiger partial charge in [0.05, 0.1) is 0 Å². The van der Waals surface area contributed by atoms with Gasteiger partial charge in [-0.15, -0.1) is 0 Å². The van der Waals surface area contributed by atoms with Crippen molar-refractivity contribution in [3.05, 3.63) is 59.5 Å². The van der Waals surface area contributed by atoms with E-state index in [2.05, 4.69) is 11.9 Å². The number of nitrogens with one attached hydrogen (secondary N) is 1. The van der Waals surface area contributed by atoms with E-state index in [0.29, 0.717) is 30.6 Å². The second-order valence-corrected chi connectivity index (χ2v) is 7.45. The van der Waals surface area contributed by atoms with Crippen LogP contribution < -0.4 is 11.1 Å². The molecule has 1 aliphatic rings. The first-order valence-electron chi connectivity index (χ1n) is 8.76. The third-order valence-electron chi connectivity index (χ3n) is 4.04. The van der Waals surface area contributed by atoms with Crippen molar-refractivity contribution in [3.63, 3.8) is 0 Å². The van der Waals surface area contributed by atoms with Crippen molar-refractivity contribution >= 4 is 17.5 Å². The average Bonchev–Trinajstić information content (AvgIpc) is 2.54. The Balaban J connectivity index is 1.99. The summed E-state index contributed by atoms with van der Waals surface area (Å²) in [5, 5.41) is 2.72. The topological polar surface area (TPSA) is 64.3 Å². The van der Waals surface area contributed by atoms with Crippen LogP contribution in [0.5, 0.6) is 0 Å². The number of nitrogen functional groups attached to an aromatic ring is 1. The molecule has 1 aromatic rings. The normalized spacial score (nSPS) is 14.3. The number of nitrogens with two attached hydrogens (primary N) is 1. The van der Waals surface area contributed by atoms with Gasteiger partial charge in [0.25, 0.3) is 0 Å². The molecule has 0 aromatic heterocycles. The Morgan fingerprint density at radius 3 is 2.65 bits per heavy atom. The molecule has 3 N–H and O–H groups in total. The van der Waals surface area contributed by atoms with Crippen LogP contribution in [0.3, 0.4) is 0 Å². The van der Waals surface area contributed by atoms with Crippen molar-refractivity contribution in [1.29, 1.82) is 0 Å². The van der Waals surface area contributed by atoms with Crippen molar-refractivity contribution in [2.75, 3.05) is 11.1 Å². The summed E-state index contributed by atoms with van der Waals surface area (Å²) < 4.78 is 18.4. The molecule has 0 radical (unpaired) electrons. The Kier molecular flexibility index (Phi) is 6.24. The van der Waals surface area contributed by atoms with Crippen LogP contribution in [-0.4, -0.2) is 11.7 Å². The average molecular weight is 358 g/mol. The molecular weight excluding hydrogens is 331 g/mol. The number of allylic oxidation sites excluding steroid dienone is 5. The fraction of sp³-hybridized carbons (Fsp3) is 0.381. The summed E-state index contributed by atoms with van der Waals surface area (Å²) in [7, 11) is 0. The molecule has 0 spiro atoms. The molecular formula is C21H27FN2O2. The highest BCUT2D eigenvalue weighted by molar-refractivity contribution is 5.85. The maximum Gasteiger partial charge on any atom is 0.412 e. The van der Waals surface area contributed by atoms with Crippen LogP contribution in [0.2, 0.25) is 0 Å². The first kappa shape index (κ1) is 19.8. The van der Waals surface area contributed by atoms with Gasteiger partial charge in [0.1, 0.15) is 11.4 Å². The van der Waals surface area contributed by atoms with Gasteiger partial charge in [-0.2, -0.15) is 0 Å². The van der Waals surface area contributed by atoms with Crippen molar-refractivity contribution in [3.8, 4) is 0 Å². The number of halogens is 1. The Morgan fingerprint density at radius 1 is 1.31 bits per heavy atom. The van der Waals surface area contributed by atoms with E-state index in [1.54, 1.807) is 18.2 Å². The number of benzene rings is 1. The summed E-state index contributed by atoms with van der Waals surface area (Å²) in [5.41, 5.74) is 9.79. The Labute approximate surface area is 154 Å². The summed E-state index contributed by atoms with van der Waals surface area (Å²) in [4.78, 5) is 11.9. The molecule has 0 atom stereocenters. The maximum atomic E-state index is 13.1. The standard InChI is InChI=1S/C21H27FN2O2/c1-14(15-7-9-17(22)10-8-15)5-6-16-13-18(11-12-19(16)23)24-20(25)26-21(2,3)4/h7,9,11-13H,1,5-6,8,10,23H2,2-4H3,(H,24,25). The first-order chi connectivity index (χ1) is 12.1. The number of carbonyl (C=O) groups excluding carboxylic acids is 1. The summed E-state index contributed by atoms with van der Waals surface area (Å²) in [6.07, 6.45) is 5.33. The molecule has 1 amide bonds. The molecule has 0 saturated heterocycles. The molecule has 1 aliphatic carbocycles. The van der Waals surface area contributed by atoms with Gasteiger partial charge in [0, 0.05) is 17.8 Å². The van der Waals surface area contributed by atoms with Gasteiger partial charge < -0.3 is 10.5 Å². The van der Waals surface area contributed by atoms with E-state index < -0.39 is 11.7 Å². The summed E-state index contributed by atoms with van der Waals surface area (Å²) >= 11 is 0. The monoisotopic (exact) mass is 358 g/mol. The number of hydrogen-bond donors (Lipinski definition) is 2. The summed E-state index contributed by atoms with van der Waals surface area (Å²) in [6.45, 7) is 9.55. The van der Waals surface area contributed by atoms with Crippen LogP contribution in [0.25, 0.3) is 0 Å². The highest BCUT2D eigenvalue weighted by atomic mass is 19.1. The minimum atomic E-state index is -0.555. The summed E-state index contributed by atoms with van der Waals surface area (Å²) in [5.74, 6) is -0.0910. The van der Waals surface area contributed by atoms with Gasteiger partial charge in [-0.25, -0.2) is 9.18 Å². The van der Waals surface area contributed by atoms with Gasteiger partial charge in [0.2, 0.25) is 0 Å². The van der Waals surface area contributed by atoms with Crippen molar-refractivity contribution in [2.45, 2.75) is 52.1 Å². The van der Waals surface area contributed by atoms with Crippen LogP contribution in [0.4, 0.5) is 20.6 Å². The van der Waals surface area contributed by atoms with Gasteiger partial charge in [0.15, 0.2) is 0 Å². The molecule has 0 fully saturated rings. The van der Waals surface area contributed by atoms with Crippen LogP contribution in [0, 0.1) is 0 Å². The quantitative estimate of drug-likeness (QED) is 0.666. The van der Waals surface area contributed by atoms with Crippen molar-refractivity contribution < 1.29 is 13.9 Å². The molecule has 2 rings (SSSR count). The Hall–Kier alpha value is -2.56. The van der Waals surface area contributed by atoms with Crippen molar-refractivity contribution in [2.24, 2.45) is 0 Å². The molecule has 0 unspecified atom stereocenters. The van der Waals surface area contributed by atoms with Gasteiger partial charge in [-0.05, 0) is 75.4 Å². The van der Waals surface area contributed by atoms with Crippen LogP contribution in [0.1, 0.15) is 45.6 Å². The van der Waals surface area contributed by atoms with E-state index in [1.807, 2.05) is 26.8 Å². The SMILES string of the molecule is C=C(CCc1cc(NC(=O)OC(C)(C)C)ccc1N)C1=CC=C(F)CC1. The largest absolute Gasteiger partial charge is 0.444 e. The predicted octanol–water partition coefficient (Wildman–Crippen LogP) is 5.68. The number of hydrogen-bond acceptors (Lipinski definition) is 3. The second-order valence-electron chi connectivity index (χ2n) is 7.45. The molecule has 0 heterocycles. The number of rotatable bonds is 5. The Bertz CT molecular complexity index is 758. The minimum absolute atomic E-state index is 0.0910. The lowest BCUT2D eigenvalue weighted by atomic mass is 9.93. The van der Waals surface area contributed by atoms with E-state index in [-0.39, 0.29) is 5.83 Å². The van der Waals surface area contributed by atoms with E-state index in [1.165, 1.54) is 6.08 Å². The molecule has 5 heteroatoms. The zero-order chi connectivity index (χ0) is 19.3. The van der Waals surface area contributed by atoms with Gasteiger partial charge in [-0.3, -0.25) is 5.32 Å². The Morgan fingerprint density at radius 2 is 2.04 bits per heavy atom. The lowest BCUT2D eigenvalue weighted by Gasteiger charge is -2.20. The molecule has 26 heavy (non-hydrogen) atoms. The highest BCUT2D eigenvalue weighted by Gasteiger charge is 2.16. The van der Waals surface area contributed by atoms with Gasteiger partial charge in [-0.1, -0.05) is 18.2 Å². The van der Waals surface area contributed by atoms with Crippen LogP contribution >= 0.6 is 0 Å². The molecule has 4 nitrogen and oxygen atoms in total. The first-order valence-corrected chi connectivity index (χ1v) is 8.76. The number of anilines is 2. The van der Waals surface area contributed by atoms with Crippen molar-refractivity contribution in [1.82, 2.24) is 0 Å². The van der Waals surface area contributed by atoms with E-state index in [0.717, 1.165) is 23.1 Å². The fourth-order valence-corrected chi connectivity index (χ4v) is 2.67. The minimum Gasteiger partial charge on any atom is -0.444 e. The predicted molar refractivity (Wildman–Crippen MR) is 105 cm³/mol. The van der Waals surface area contributed by atoms with E-state index >= 15 is 0 Å². The number of ether oxygens (including phenoxy) is 1. The molecule has 140 valence electrons. The molecule has 0 bridgehead atoms. The van der Waals surface area contributed by atoms with Crippen LogP contribution in [0.15, 0.2) is 53.9 Å². The molecule has 0 saturated carbocycles. The lowest BCUT2D eigenvalue weighted by Crippen LogP contribution is -2.27. The van der Waals surface area contributed by atoms with Gasteiger partial charge >= 0.3 is 6.09 Å². The molecule has 0 aliphatic heterocycles.